The quantitative estimate of drug-likeness (QED) is 0.520. The van der Waals surface area contributed by atoms with Gasteiger partial charge in [-0.05, 0) is 17.7 Å². The largest absolute Gasteiger partial charge is 0.479 e. The van der Waals surface area contributed by atoms with Crippen LogP contribution in [0.5, 0.6) is 17.5 Å². The molecule has 0 atom stereocenters. The summed E-state index contributed by atoms with van der Waals surface area (Å²) in [5, 5.41) is 4.28. The van der Waals surface area contributed by atoms with Crippen molar-refractivity contribution in [2.75, 3.05) is 7.11 Å². The molecular weight excluding hydrogens is 370 g/mol. The summed E-state index contributed by atoms with van der Waals surface area (Å²) in [6.07, 6.45) is 5.31. The molecule has 3 aromatic heterocycles. The summed E-state index contributed by atoms with van der Waals surface area (Å²) in [6.45, 7) is 4.08. The minimum absolute atomic E-state index is 0.154. The highest BCUT2D eigenvalue weighted by atomic mass is 16.5. The van der Waals surface area contributed by atoms with Crippen LogP contribution in [0.15, 0.2) is 47.7 Å². The number of aryl methyl sites for hydroxylation is 1. The number of methoxy groups -OCH3 is 1. The van der Waals surface area contributed by atoms with Gasteiger partial charge in [0.15, 0.2) is 0 Å². The Morgan fingerprint density at radius 2 is 1.79 bits per heavy atom. The van der Waals surface area contributed by atoms with Gasteiger partial charge < -0.3 is 9.47 Å². The maximum atomic E-state index is 12.7. The molecule has 0 amide bonds. The second-order valence-corrected chi connectivity index (χ2v) is 7.21. The molecule has 1 aromatic carbocycles. The zero-order valence-electron chi connectivity index (χ0n) is 17.1. The monoisotopic (exact) mass is 393 g/mol. The van der Waals surface area contributed by atoms with Gasteiger partial charge >= 0.3 is 0 Å². The predicted molar refractivity (Wildman–Crippen MR) is 110 cm³/mol. The van der Waals surface area contributed by atoms with Crippen molar-refractivity contribution in [3.8, 4) is 28.6 Å². The van der Waals surface area contributed by atoms with Crippen molar-refractivity contribution in [2.24, 2.45) is 14.1 Å². The molecule has 4 aromatic rings. The lowest BCUT2D eigenvalue weighted by Crippen LogP contribution is -2.20. The molecule has 0 unspecified atom stereocenters. The van der Waals surface area contributed by atoms with Crippen molar-refractivity contribution in [3.63, 3.8) is 0 Å². The Morgan fingerprint density at radius 3 is 2.45 bits per heavy atom. The van der Waals surface area contributed by atoms with E-state index in [1.54, 1.807) is 35.6 Å². The smallest absolute Gasteiger partial charge is 0.279 e. The van der Waals surface area contributed by atoms with E-state index in [1.807, 2.05) is 51.4 Å². The van der Waals surface area contributed by atoms with E-state index in [-0.39, 0.29) is 11.5 Å². The molecule has 0 aliphatic carbocycles. The number of ether oxygens (including phenoxy) is 2. The molecule has 0 aliphatic rings. The van der Waals surface area contributed by atoms with Crippen molar-refractivity contribution in [1.82, 2.24) is 23.7 Å². The molecular formula is C21H23N5O3. The standard InChI is InChI=1S/C21H23N5O3/c1-13(2)19-22-10-17-21(27)25(4)18(12-26(17)19)29-15-8-6-14(7-9-15)16-11-24(3)23-20(16)28-5/h6-13H,1-5H3. The van der Waals surface area contributed by atoms with Gasteiger partial charge in [0.2, 0.25) is 11.8 Å². The maximum absolute atomic E-state index is 12.7. The lowest BCUT2D eigenvalue weighted by Gasteiger charge is -2.12. The van der Waals surface area contributed by atoms with Crippen LogP contribution >= 0.6 is 0 Å². The molecule has 0 aliphatic heterocycles. The summed E-state index contributed by atoms with van der Waals surface area (Å²) < 4.78 is 16.3. The molecule has 0 saturated carbocycles. The highest BCUT2D eigenvalue weighted by molar-refractivity contribution is 5.68. The molecule has 0 radical (unpaired) electrons. The summed E-state index contributed by atoms with van der Waals surface area (Å²) in [5.41, 5.74) is 2.24. The van der Waals surface area contributed by atoms with Crippen LogP contribution in [0.25, 0.3) is 16.6 Å². The lowest BCUT2D eigenvalue weighted by molar-refractivity contribution is 0.393. The van der Waals surface area contributed by atoms with E-state index in [9.17, 15) is 4.79 Å². The summed E-state index contributed by atoms with van der Waals surface area (Å²) >= 11 is 0. The maximum Gasteiger partial charge on any atom is 0.279 e. The molecule has 8 heteroatoms. The molecule has 150 valence electrons. The molecule has 3 heterocycles. The van der Waals surface area contributed by atoms with Gasteiger partial charge in [-0.1, -0.05) is 26.0 Å². The van der Waals surface area contributed by atoms with E-state index in [0.717, 1.165) is 17.0 Å². The third-order valence-corrected chi connectivity index (χ3v) is 4.81. The number of aromatic nitrogens is 5. The van der Waals surface area contributed by atoms with Crippen molar-refractivity contribution < 1.29 is 9.47 Å². The molecule has 8 nitrogen and oxygen atoms in total. The first-order valence-corrected chi connectivity index (χ1v) is 9.32. The van der Waals surface area contributed by atoms with E-state index < -0.39 is 0 Å². The summed E-state index contributed by atoms with van der Waals surface area (Å²) in [6, 6.07) is 7.58. The SMILES string of the molecule is COc1nn(C)cc1-c1ccc(Oc2cn3c(C(C)C)ncc3c(=O)n2C)cc1. The van der Waals surface area contributed by atoms with Gasteiger partial charge in [-0.3, -0.25) is 18.4 Å². The Balaban J connectivity index is 1.69. The number of benzene rings is 1. The normalized spacial score (nSPS) is 11.4. The van der Waals surface area contributed by atoms with Gasteiger partial charge in [0.05, 0.1) is 25.1 Å². The average molecular weight is 393 g/mol. The molecule has 29 heavy (non-hydrogen) atoms. The molecule has 0 spiro atoms. The minimum Gasteiger partial charge on any atom is -0.479 e. The van der Waals surface area contributed by atoms with Crippen molar-refractivity contribution in [3.05, 3.63) is 59.0 Å². The van der Waals surface area contributed by atoms with Gasteiger partial charge in [-0.25, -0.2) is 4.98 Å². The zero-order valence-corrected chi connectivity index (χ0v) is 17.1. The van der Waals surface area contributed by atoms with Crippen molar-refractivity contribution in [1.29, 1.82) is 0 Å². The number of hydrogen-bond acceptors (Lipinski definition) is 5. The van der Waals surface area contributed by atoms with Crippen LogP contribution < -0.4 is 15.0 Å². The second kappa shape index (κ2) is 7.12. The van der Waals surface area contributed by atoms with Gasteiger partial charge in [-0.15, -0.1) is 5.10 Å². The van der Waals surface area contributed by atoms with E-state index in [2.05, 4.69) is 10.1 Å². The van der Waals surface area contributed by atoms with Gasteiger partial charge in [0.1, 0.15) is 17.1 Å². The average Bonchev–Trinajstić information content (AvgIpc) is 3.30. The van der Waals surface area contributed by atoms with Crippen LogP contribution in [0.4, 0.5) is 0 Å². The van der Waals surface area contributed by atoms with E-state index >= 15 is 0 Å². The fourth-order valence-corrected chi connectivity index (χ4v) is 3.30. The third-order valence-electron chi connectivity index (χ3n) is 4.81. The Labute approximate surface area is 167 Å². The minimum atomic E-state index is -0.154. The van der Waals surface area contributed by atoms with Crippen LogP contribution in [0.3, 0.4) is 0 Å². The first kappa shape index (κ1) is 18.8. The van der Waals surface area contributed by atoms with Crippen LogP contribution in [0.1, 0.15) is 25.6 Å². The first-order valence-electron chi connectivity index (χ1n) is 9.32. The Morgan fingerprint density at radius 1 is 1.07 bits per heavy atom. The Hall–Kier alpha value is -3.55. The topological polar surface area (TPSA) is 75.6 Å². The third kappa shape index (κ3) is 3.26. The number of imidazole rings is 1. The van der Waals surface area contributed by atoms with E-state index in [1.165, 1.54) is 4.57 Å². The molecule has 0 saturated heterocycles. The second-order valence-electron chi connectivity index (χ2n) is 7.21. The lowest BCUT2D eigenvalue weighted by atomic mass is 10.1. The van der Waals surface area contributed by atoms with Crippen LogP contribution in [-0.2, 0) is 14.1 Å². The van der Waals surface area contributed by atoms with Crippen molar-refractivity contribution in [2.45, 2.75) is 19.8 Å². The first-order chi connectivity index (χ1) is 13.9. The Kier molecular flexibility index (Phi) is 4.62. The summed E-state index contributed by atoms with van der Waals surface area (Å²) in [7, 11) is 5.14. The Bertz CT molecular complexity index is 1230. The highest BCUT2D eigenvalue weighted by Crippen LogP contribution is 2.30. The molecule has 0 N–H and O–H groups in total. The predicted octanol–water partition coefficient (Wildman–Crippen LogP) is 3.36. The number of rotatable bonds is 5. The van der Waals surface area contributed by atoms with Crippen LogP contribution in [-0.4, -0.2) is 30.8 Å². The van der Waals surface area contributed by atoms with Crippen LogP contribution in [0, 0.1) is 0 Å². The highest BCUT2D eigenvalue weighted by Gasteiger charge is 2.15. The van der Waals surface area contributed by atoms with Gasteiger partial charge in [-0.2, -0.15) is 0 Å². The summed E-state index contributed by atoms with van der Waals surface area (Å²) in [5.74, 6) is 2.63. The van der Waals surface area contributed by atoms with Gasteiger partial charge in [0.25, 0.3) is 5.56 Å². The van der Waals surface area contributed by atoms with E-state index in [4.69, 9.17) is 9.47 Å². The molecule has 4 rings (SSSR count). The number of hydrogen-bond donors (Lipinski definition) is 0. The number of fused-ring (bicyclic) bond motifs is 1. The molecule has 0 bridgehead atoms. The molecule has 0 fully saturated rings. The summed E-state index contributed by atoms with van der Waals surface area (Å²) in [4.78, 5) is 17.1. The van der Waals surface area contributed by atoms with Crippen LogP contribution in [0.2, 0.25) is 0 Å². The fourth-order valence-electron chi connectivity index (χ4n) is 3.30. The van der Waals surface area contributed by atoms with Gasteiger partial charge in [0, 0.05) is 26.2 Å². The van der Waals surface area contributed by atoms with E-state index in [0.29, 0.717) is 23.0 Å². The fraction of sp³-hybridized carbons (Fsp3) is 0.286. The zero-order chi connectivity index (χ0) is 20.7. The van der Waals surface area contributed by atoms with Crippen molar-refractivity contribution >= 4 is 5.52 Å². The number of nitrogens with zero attached hydrogens (tertiary/aromatic N) is 5.